The number of anilines is 3. The fourth-order valence-corrected chi connectivity index (χ4v) is 8.27. The molecule has 0 N–H and O–H groups in total. The van der Waals surface area contributed by atoms with Crippen molar-refractivity contribution in [2.75, 3.05) is 19.0 Å². The molecule has 6 aromatic rings. The zero-order chi connectivity index (χ0) is 33.3. The van der Waals surface area contributed by atoms with E-state index in [9.17, 15) is 14.4 Å². The van der Waals surface area contributed by atoms with Crippen molar-refractivity contribution >= 4 is 75.1 Å². The lowest BCUT2D eigenvalue weighted by Crippen LogP contribution is -2.52. The van der Waals surface area contributed by atoms with Crippen molar-refractivity contribution in [3.63, 3.8) is 0 Å². The van der Waals surface area contributed by atoms with Crippen molar-refractivity contribution < 1.29 is 14.4 Å². The fourth-order valence-electron chi connectivity index (χ4n) is 6.72. The van der Waals surface area contributed by atoms with Crippen molar-refractivity contribution in [2.45, 2.75) is 19.3 Å². The number of amides is 4. The molecule has 2 aliphatic heterocycles. The molecule has 1 saturated heterocycles. The Bertz CT molecular complexity index is 2310. The van der Waals surface area contributed by atoms with Crippen LogP contribution in [0, 0.1) is 0 Å². The first-order valence-corrected chi connectivity index (χ1v) is 17.0. The summed E-state index contributed by atoms with van der Waals surface area (Å²) in [6.07, 6.45) is 1.55. The number of fused-ring (bicyclic) bond motifs is 3. The topological polar surface area (TPSA) is 86.7 Å². The van der Waals surface area contributed by atoms with Crippen molar-refractivity contribution in [2.24, 2.45) is 0 Å². The number of imide groups is 2. The molecule has 8 nitrogen and oxygen atoms in total. The number of likely N-dealkylation sites (N-methyl/N-ethyl adjacent to an activating group) is 2. The summed E-state index contributed by atoms with van der Waals surface area (Å²) in [5, 5.41) is 0. The molecule has 0 aliphatic carbocycles. The Hall–Kier alpha value is -5.45. The number of aromatic nitrogens is 2. The van der Waals surface area contributed by atoms with E-state index in [1.54, 1.807) is 6.08 Å². The molecule has 2 aliphatic rings. The Morgan fingerprint density at radius 1 is 0.688 bits per heavy atom. The number of hydrogen-bond acceptors (Lipinski definition) is 8. The van der Waals surface area contributed by atoms with E-state index in [1.807, 2.05) is 18.2 Å². The van der Waals surface area contributed by atoms with Crippen molar-refractivity contribution in [1.29, 1.82) is 0 Å². The third-order valence-electron chi connectivity index (χ3n) is 9.29. The molecule has 48 heavy (non-hydrogen) atoms. The molecular weight excluding hydrogens is 639 g/mol. The molecule has 2 aromatic heterocycles. The Morgan fingerprint density at radius 3 is 2.08 bits per heavy atom. The van der Waals surface area contributed by atoms with E-state index in [2.05, 4.69) is 97.6 Å². The van der Waals surface area contributed by atoms with Crippen LogP contribution in [-0.4, -0.2) is 50.5 Å². The van der Waals surface area contributed by atoms with E-state index >= 15 is 0 Å². The molecule has 0 unspecified atom stereocenters. The quantitative estimate of drug-likeness (QED) is 0.138. The summed E-state index contributed by atoms with van der Waals surface area (Å²) in [5.41, 5.74) is 10.2. The molecule has 0 saturated carbocycles. The van der Waals surface area contributed by atoms with E-state index in [0.29, 0.717) is 0 Å². The maximum absolute atomic E-state index is 12.7. The first-order valence-electron chi connectivity index (χ1n) is 15.4. The van der Waals surface area contributed by atoms with Crippen LogP contribution < -0.4 is 4.90 Å². The number of hydrogen-bond donors (Lipinski definition) is 0. The highest BCUT2D eigenvalue weighted by Crippen LogP contribution is 2.52. The maximum Gasteiger partial charge on any atom is 0.333 e. The van der Waals surface area contributed by atoms with Gasteiger partial charge in [0.1, 0.15) is 16.6 Å². The second kappa shape index (κ2) is 11.1. The number of nitrogens with zero attached hydrogens (tertiary/aromatic N) is 5. The van der Waals surface area contributed by atoms with Gasteiger partial charge in [0.05, 0.1) is 23.1 Å². The van der Waals surface area contributed by atoms with Crippen molar-refractivity contribution in [1.82, 2.24) is 18.5 Å². The van der Waals surface area contributed by atoms with Gasteiger partial charge in [-0.2, -0.15) is 8.75 Å². The van der Waals surface area contributed by atoms with E-state index in [-0.39, 0.29) is 11.0 Å². The van der Waals surface area contributed by atoms with Gasteiger partial charge in [0, 0.05) is 46.1 Å². The number of thiophene rings is 1. The summed E-state index contributed by atoms with van der Waals surface area (Å²) in [6.45, 7) is 4.57. The molecular formula is C38H29N5O3S2. The highest BCUT2D eigenvalue weighted by atomic mass is 32.1. The SMILES string of the molecule is CN1C(=O)C(=Cc2ccc(-c3ccc(-c4ccc5c(c4)C(C)(C)c4ccccc4N5c4ccccc4)c4nsnc34)s2)C(=O)N(C)C1=O. The predicted molar refractivity (Wildman–Crippen MR) is 192 cm³/mol. The van der Waals surface area contributed by atoms with Gasteiger partial charge in [-0.15, -0.1) is 11.3 Å². The van der Waals surface area contributed by atoms with Crippen LogP contribution in [0.25, 0.3) is 38.7 Å². The third-order valence-corrected chi connectivity index (χ3v) is 10.9. The smallest absolute Gasteiger partial charge is 0.310 e. The van der Waals surface area contributed by atoms with E-state index < -0.39 is 17.8 Å². The Labute approximate surface area is 285 Å². The third kappa shape index (κ3) is 4.51. The number of rotatable bonds is 4. The lowest BCUT2D eigenvalue weighted by Gasteiger charge is -2.42. The number of carbonyl (C=O) groups excluding carboxylic acids is 3. The fraction of sp³-hybridized carbons (Fsp3) is 0.132. The number of barbiturate groups is 1. The molecule has 4 heterocycles. The average Bonchev–Trinajstić information content (AvgIpc) is 3.79. The molecule has 0 bridgehead atoms. The molecule has 4 aromatic carbocycles. The minimum Gasteiger partial charge on any atom is -0.310 e. The molecule has 0 radical (unpaired) electrons. The van der Waals surface area contributed by atoms with Crippen molar-refractivity contribution in [3.05, 3.63) is 119 Å². The van der Waals surface area contributed by atoms with E-state index in [4.69, 9.17) is 8.75 Å². The van der Waals surface area contributed by atoms with Gasteiger partial charge < -0.3 is 4.90 Å². The second-order valence-corrected chi connectivity index (χ2v) is 14.1. The van der Waals surface area contributed by atoms with Gasteiger partial charge in [-0.3, -0.25) is 19.4 Å². The maximum atomic E-state index is 12.7. The lowest BCUT2D eigenvalue weighted by molar-refractivity contribution is -0.134. The monoisotopic (exact) mass is 667 g/mol. The Morgan fingerprint density at radius 2 is 1.33 bits per heavy atom. The standard InChI is InChI=1S/C38H29N5O3S2/c1-38(2)28-12-8-9-13-30(28)43(23-10-6-5-7-11-23)31-18-14-22(20-29(31)38)25-16-17-26(34-33(25)39-48-40-34)32-19-15-24(47-32)21-27-35(44)41(3)37(46)42(4)36(27)45/h5-21H,1-4H3. The molecule has 10 heteroatoms. The van der Waals surface area contributed by atoms with Crippen LogP contribution in [0.3, 0.4) is 0 Å². The normalized spacial score (nSPS) is 15.6. The predicted octanol–water partition coefficient (Wildman–Crippen LogP) is 8.63. The second-order valence-electron chi connectivity index (χ2n) is 12.4. The zero-order valence-corrected chi connectivity index (χ0v) is 28.2. The van der Waals surface area contributed by atoms with Crippen LogP contribution >= 0.6 is 23.1 Å². The number of para-hydroxylation sites is 2. The highest BCUT2D eigenvalue weighted by molar-refractivity contribution is 7.16. The molecule has 4 amide bonds. The highest BCUT2D eigenvalue weighted by Gasteiger charge is 2.39. The van der Waals surface area contributed by atoms with Crippen LogP contribution in [0.15, 0.2) is 103 Å². The minimum atomic E-state index is -0.645. The Balaban J connectivity index is 1.19. The van der Waals surface area contributed by atoms with Crippen LogP contribution in [0.1, 0.15) is 29.9 Å². The van der Waals surface area contributed by atoms with Gasteiger partial charge >= 0.3 is 6.03 Å². The van der Waals surface area contributed by atoms with Crippen LogP contribution in [0.2, 0.25) is 0 Å². The van der Waals surface area contributed by atoms with Gasteiger partial charge in [0.2, 0.25) is 0 Å². The summed E-state index contributed by atoms with van der Waals surface area (Å²) < 4.78 is 9.46. The van der Waals surface area contributed by atoms with Crippen LogP contribution in [-0.2, 0) is 15.0 Å². The molecule has 1 fully saturated rings. The average molecular weight is 668 g/mol. The van der Waals surface area contributed by atoms with E-state index in [1.165, 1.54) is 54.0 Å². The number of urea groups is 1. The van der Waals surface area contributed by atoms with Crippen LogP contribution in [0.5, 0.6) is 0 Å². The van der Waals surface area contributed by atoms with Gasteiger partial charge in [0.15, 0.2) is 0 Å². The lowest BCUT2D eigenvalue weighted by atomic mass is 9.73. The molecule has 236 valence electrons. The summed E-state index contributed by atoms with van der Waals surface area (Å²) >= 11 is 2.62. The molecule has 0 atom stereocenters. The largest absolute Gasteiger partial charge is 0.333 e. The number of benzene rings is 4. The summed E-state index contributed by atoms with van der Waals surface area (Å²) in [7, 11) is 2.74. The van der Waals surface area contributed by atoms with Crippen LogP contribution in [0.4, 0.5) is 21.9 Å². The summed E-state index contributed by atoms with van der Waals surface area (Å²) in [4.78, 5) is 43.5. The summed E-state index contributed by atoms with van der Waals surface area (Å²) in [6, 6.07) is 33.1. The number of carbonyl (C=O) groups is 3. The summed E-state index contributed by atoms with van der Waals surface area (Å²) in [5.74, 6) is -1.23. The van der Waals surface area contributed by atoms with Gasteiger partial charge in [-0.05, 0) is 65.2 Å². The molecule has 8 rings (SSSR count). The minimum absolute atomic E-state index is 0.0485. The van der Waals surface area contributed by atoms with Gasteiger partial charge in [-0.1, -0.05) is 68.4 Å². The van der Waals surface area contributed by atoms with E-state index in [0.717, 1.165) is 58.7 Å². The first-order chi connectivity index (χ1) is 23.1. The van der Waals surface area contributed by atoms with Gasteiger partial charge in [-0.25, -0.2) is 4.79 Å². The Kier molecular flexibility index (Phi) is 6.90. The first kappa shape index (κ1) is 29.9. The van der Waals surface area contributed by atoms with Crippen molar-refractivity contribution in [3.8, 4) is 21.6 Å². The van der Waals surface area contributed by atoms with Gasteiger partial charge in [0.25, 0.3) is 11.8 Å². The zero-order valence-electron chi connectivity index (χ0n) is 26.6. The molecule has 0 spiro atoms.